The van der Waals surface area contributed by atoms with Gasteiger partial charge in [0.25, 0.3) is 5.56 Å². The molecule has 0 saturated carbocycles. The number of hydrogen-bond donors (Lipinski definition) is 5. The molecule has 1 saturated heterocycles. The zero-order chi connectivity index (χ0) is 19.2. The molecular formula is C18H24N6O3. The van der Waals surface area contributed by atoms with E-state index in [1.807, 2.05) is 24.3 Å². The number of benzene rings is 1. The molecule has 27 heavy (non-hydrogen) atoms. The lowest BCUT2D eigenvalue weighted by molar-refractivity contribution is -0.124. The number of carbonyl (C=O) groups is 1. The fourth-order valence-corrected chi connectivity index (χ4v) is 3.05. The Morgan fingerprint density at radius 1 is 1.33 bits per heavy atom. The Labute approximate surface area is 156 Å². The molecule has 144 valence electrons. The van der Waals surface area contributed by atoms with E-state index in [1.165, 1.54) is 6.07 Å². The second-order valence-electron chi connectivity index (χ2n) is 6.34. The second kappa shape index (κ2) is 8.65. The molecule has 1 aliphatic rings. The molecule has 0 spiro atoms. The molecule has 1 amide bonds. The summed E-state index contributed by atoms with van der Waals surface area (Å²) in [6, 6.07) is 8.95. The lowest BCUT2D eigenvalue weighted by Crippen LogP contribution is -2.37. The Hall–Kier alpha value is -2.91. The average molecular weight is 372 g/mol. The number of hydrazine groups is 1. The van der Waals surface area contributed by atoms with Gasteiger partial charge in [-0.15, -0.1) is 0 Å². The monoisotopic (exact) mass is 372 g/mol. The first-order valence-electron chi connectivity index (χ1n) is 8.78. The van der Waals surface area contributed by atoms with Gasteiger partial charge in [0.05, 0.1) is 19.1 Å². The van der Waals surface area contributed by atoms with Gasteiger partial charge in [0, 0.05) is 31.4 Å². The van der Waals surface area contributed by atoms with Crippen molar-refractivity contribution < 1.29 is 9.53 Å². The van der Waals surface area contributed by atoms with E-state index in [2.05, 4.69) is 31.5 Å². The highest BCUT2D eigenvalue weighted by molar-refractivity contribution is 5.80. The van der Waals surface area contributed by atoms with Gasteiger partial charge < -0.3 is 15.4 Å². The number of carbonyl (C=O) groups excluding carboxylic acids is 1. The zero-order valence-electron chi connectivity index (χ0n) is 15.3. The third kappa shape index (κ3) is 4.83. The molecule has 5 N–H and O–H groups in total. The molecule has 2 unspecified atom stereocenters. The van der Waals surface area contributed by atoms with Crippen LogP contribution in [0.25, 0.3) is 0 Å². The van der Waals surface area contributed by atoms with Gasteiger partial charge >= 0.3 is 0 Å². The Balaban J connectivity index is 1.53. The van der Waals surface area contributed by atoms with E-state index in [-0.39, 0.29) is 23.4 Å². The number of rotatable bonds is 7. The predicted octanol–water partition coefficient (Wildman–Crippen LogP) is 0.0803. The first kappa shape index (κ1) is 18.9. The van der Waals surface area contributed by atoms with Crippen molar-refractivity contribution in [3.05, 3.63) is 51.9 Å². The molecule has 2 heterocycles. The largest absolute Gasteiger partial charge is 0.497 e. The first-order chi connectivity index (χ1) is 13.1. The van der Waals surface area contributed by atoms with Crippen molar-refractivity contribution in [3.63, 3.8) is 0 Å². The van der Waals surface area contributed by atoms with Gasteiger partial charge in [0.15, 0.2) is 0 Å². The summed E-state index contributed by atoms with van der Waals surface area (Å²) in [5.41, 5.74) is 7.61. The highest BCUT2D eigenvalue weighted by atomic mass is 16.5. The SMILES string of the molecule is COc1cccc(C2NNCC2C(=O)NCCNc2nc(C)cc(=O)[nH]2)c1. The second-order valence-corrected chi connectivity index (χ2v) is 6.34. The van der Waals surface area contributed by atoms with E-state index in [1.54, 1.807) is 14.0 Å². The van der Waals surface area contributed by atoms with E-state index in [0.717, 1.165) is 11.3 Å². The molecule has 0 bridgehead atoms. The Morgan fingerprint density at radius 2 is 2.19 bits per heavy atom. The summed E-state index contributed by atoms with van der Waals surface area (Å²) in [6.07, 6.45) is 0. The van der Waals surface area contributed by atoms with Crippen molar-refractivity contribution in [2.75, 3.05) is 32.1 Å². The van der Waals surface area contributed by atoms with Gasteiger partial charge in [0.1, 0.15) is 5.75 Å². The minimum absolute atomic E-state index is 0.0483. The lowest BCUT2D eigenvalue weighted by atomic mass is 9.94. The summed E-state index contributed by atoms with van der Waals surface area (Å²) in [4.78, 5) is 30.8. The third-order valence-electron chi connectivity index (χ3n) is 4.36. The fourth-order valence-electron chi connectivity index (χ4n) is 3.05. The molecule has 9 heteroatoms. The summed E-state index contributed by atoms with van der Waals surface area (Å²) in [5, 5.41) is 5.92. The van der Waals surface area contributed by atoms with Crippen LogP contribution in [0.1, 0.15) is 17.3 Å². The molecular weight excluding hydrogens is 348 g/mol. The third-order valence-corrected chi connectivity index (χ3v) is 4.36. The number of ether oxygens (including phenoxy) is 1. The van der Waals surface area contributed by atoms with Crippen LogP contribution in [0.3, 0.4) is 0 Å². The van der Waals surface area contributed by atoms with E-state index >= 15 is 0 Å². The Bertz CT molecular complexity index is 853. The van der Waals surface area contributed by atoms with E-state index in [0.29, 0.717) is 31.3 Å². The first-order valence-corrected chi connectivity index (χ1v) is 8.78. The van der Waals surface area contributed by atoms with E-state index in [9.17, 15) is 9.59 Å². The van der Waals surface area contributed by atoms with Crippen LogP contribution >= 0.6 is 0 Å². The summed E-state index contributed by atoms with van der Waals surface area (Å²) in [7, 11) is 1.62. The molecule has 9 nitrogen and oxygen atoms in total. The maximum atomic E-state index is 12.6. The highest BCUT2D eigenvalue weighted by Gasteiger charge is 2.33. The summed E-state index contributed by atoms with van der Waals surface area (Å²) in [6.45, 7) is 3.16. The van der Waals surface area contributed by atoms with Crippen LogP contribution in [-0.2, 0) is 4.79 Å². The number of aryl methyl sites for hydroxylation is 1. The molecule has 3 rings (SSSR count). The topological polar surface area (TPSA) is 120 Å². The summed E-state index contributed by atoms with van der Waals surface area (Å²) in [5.74, 6) is 0.860. The fraction of sp³-hybridized carbons (Fsp3) is 0.389. The number of methoxy groups -OCH3 is 1. The molecule has 0 aliphatic carbocycles. The van der Waals surface area contributed by atoms with Crippen LogP contribution in [0.15, 0.2) is 35.1 Å². The van der Waals surface area contributed by atoms with Crippen molar-refractivity contribution in [2.45, 2.75) is 13.0 Å². The number of anilines is 1. The number of amides is 1. The predicted molar refractivity (Wildman–Crippen MR) is 101 cm³/mol. The van der Waals surface area contributed by atoms with Crippen LogP contribution in [0, 0.1) is 12.8 Å². The van der Waals surface area contributed by atoms with Crippen LogP contribution in [0.4, 0.5) is 5.95 Å². The summed E-state index contributed by atoms with van der Waals surface area (Å²) < 4.78 is 5.26. The van der Waals surface area contributed by atoms with Gasteiger partial charge in [-0.1, -0.05) is 12.1 Å². The lowest BCUT2D eigenvalue weighted by Gasteiger charge is -2.19. The number of nitrogens with zero attached hydrogens (tertiary/aromatic N) is 1. The molecule has 0 radical (unpaired) electrons. The van der Waals surface area contributed by atoms with Crippen molar-refractivity contribution in [1.29, 1.82) is 0 Å². The van der Waals surface area contributed by atoms with Gasteiger partial charge in [-0.3, -0.25) is 20.0 Å². The number of H-pyrrole nitrogens is 1. The van der Waals surface area contributed by atoms with Crippen molar-refractivity contribution >= 4 is 11.9 Å². The van der Waals surface area contributed by atoms with Gasteiger partial charge in [0.2, 0.25) is 11.9 Å². The van der Waals surface area contributed by atoms with Crippen molar-refractivity contribution in [3.8, 4) is 5.75 Å². The van der Waals surface area contributed by atoms with Gasteiger partial charge in [-0.2, -0.15) is 0 Å². The summed E-state index contributed by atoms with van der Waals surface area (Å²) >= 11 is 0. The van der Waals surface area contributed by atoms with Crippen LogP contribution < -0.4 is 31.8 Å². The van der Waals surface area contributed by atoms with Crippen molar-refractivity contribution in [1.82, 2.24) is 26.1 Å². The molecule has 2 aromatic rings. The molecule has 1 aromatic carbocycles. The molecule has 1 aromatic heterocycles. The zero-order valence-corrected chi connectivity index (χ0v) is 15.3. The van der Waals surface area contributed by atoms with E-state index in [4.69, 9.17) is 4.74 Å². The highest BCUT2D eigenvalue weighted by Crippen LogP contribution is 2.27. The normalized spacial score (nSPS) is 18.9. The van der Waals surface area contributed by atoms with Gasteiger partial charge in [-0.05, 0) is 24.6 Å². The van der Waals surface area contributed by atoms with Crippen LogP contribution in [0.5, 0.6) is 5.75 Å². The number of aromatic nitrogens is 2. The van der Waals surface area contributed by atoms with Crippen molar-refractivity contribution in [2.24, 2.45) is 5.92 Å². The van der Waals surface area contributed by atoms with Gasteiger partial charge in [-0.25, -0.2) is 10.4 Å². The average Bonchev–Trinajstić information content (AvgIpc) is 3.14. The molecule has 1 fully saturated rings. The van der Waals surface area contributed by atoms with Crippen LogP contribution in [0.2, 0.25) is 0 Å². The number of aromatic amines is 1. The minimum atomic E-state index is -0.242. The quantitative estimate of drug-likeness (QED) is 0.437. The molecule has 1 aliphatic heterocycles. The maximum absolute atomic E-state index is 12.6. The van der Waals surface area contributed by atoms with Crippen LogP contribution in [-0.4, -0.2) is 42.6 Å². The van der Waals surface area contributed by atoms with E-state index < -0.39 is 0 Å². The number of hydrogen-bond acceptors (Lipinski definition) is 7. The smallest absolute Gasteiger partial charge is 0.252 e. The standard InChI is InChI=1S/C18H24N6O3/c1-11-8-15(25)23-18(22-11)20-7-6-19-17(26)14-10-21-24-16(14)12-4-3-5-13(9-12)27-2/h3-5,8-9,14,16,21,24H,6-7,10H2,1-2H3,(H,19,26)(H2,20,22,23,25). The minimum Gasteiger partial charge on any atom is -0.497 e. The molecule has 2 atom stereocenters. The number of nitrogens with one attached hydrogen (secondary N) is 5. The maximum Gasteiger partial charge on any atom is 0.252 e. The Morgan fingerprint density at radius 3 is 2.96 bits per heavy atom. The Kier molecular flexibility index (Phi) is 6.05.